The van der Waals surface area contributed by atoms with Crippen LogP contribution in [0.25, 0.3) is 0 Å². The predicted molar refractivity (Wildman–Crippen MR) is 52.8 cm³/mol. The van der Waals surface area contributed by atoms with E-state index in [1.54, 1.807) is 6.92 Å². The highest BCUT2D eigenvalue weighted by Gasteiger charge is 2.11. The predicted octanol–water partition coefficient (Wildman–Crippen LogP) is 1.83. The summed E-state index contributed by atoms with van der Waals surface area (Å²) >= 11 is 3.34. The van der Waals surface area contributed by atoms with Gasteiger partial charge in [-0.05, 0) is 24.6 Å². The maximum Gasteiger partial charge on any atom is 0.0704 e. The van der Waals surface area contributed by atoms with E-state index in [0.717, 1.165) is 10.0 Å². The van der Waals surface area contributed by atoms with Crippen molar-refractivity contribution in [1.29, 1.82) is 0 Å². The molecule has 0 saturated heterocycles. The van der Waals surface area contributed by atoms with Crippen molar-refractivity contribution in [1.82, 2.24) is 0 Å². The third kappa shape index (κ3) is 2.30. The zero-order valence-electron chi connectivity index (χ0n) is 6.87. The smallest absolute Gasteiger partial charge is 0.0704 e. The third-order valence-corrected chi connectivity index (χ3v) is 2.25. The summed E-state index contributed by atoms with van der Waals surface area (Å²) in [5.41, 5.74) is 6.68. The van der Waals surface area contributed by atoms with Crippen molar-refractivity contribution in [3.63, 3.8) is 0 Å². The lowest BCUT2D eigenvalue weighted by Crippen LogP contribution is -2.22. The molecule has 3 heteroatoms. The molecule has 0 aliphatic rings. The molecule has 66 valence electrons. The molecule has 2 unspecified atom stereocenters. The van der Waals surface area contributed by atoms with E-state index >= 15 is 0 Å². The van der Waals surface area contributed by atoms with Crippen molar-refractivity contribution in [3.05, 3.63) is 34.3 Å². The highest BCUT2D eigenvalue weighted by Crippen LogP contribution is 2.18. The summed E-state index contributed by atoms with van der Waals surface area (Å²) in [4.78, 5) is 0. The molecular weight excluding hydrogens is 218 g/mol. The van der Waals surface area contributed by atoms with Crippen molar-refractivity contribution in [3.8, 4) is 0 Å². The molecule has 1 rings (SSSR count). The van der Waals surface area contributed by atoms with Gasteiger partial charge in [0, 0.05) is 4.47 Å². The van der Waals surface area contributed by atoms with Crippen molar-refractivity contribution >= 4 is 15.9 Å². The number of hydrogen-bond donors (Lipinski definition) is 2. The second kappa shape index (κ2) is 4.03. The van der Waals surface area contributed by atoms with Crippen LogP contribution in [-0.4, -0.2) is 11.2 Å². The maximum absolute atomic E-state index is 9.22. The molecule has 0 saturated carbocycles. The van der Waals surface area contributed by atoms with Crippen LogP contribution >= 0.6 is 15.9 Å². The monoisotopic (exact) mass is 229 g/mol. The molecule has 12 heavy (non-hydrogen) atoms. The van der Waals surface area contributed by atoms with Crippen LogP contribution < -0.4 is 5.73 Å². The molecule has 0 spiro atoms. The van der Waals surface area contributed by atoms with Gasteiger partial charge in [-0.15, -0.1) is 0 Å². The van der Waals surface area contributed by atoms with Gasteiger partial charge in [0.15, 0.2) is 0 Å². The van der Waals surface area contributed by atoms with E-state index in [-0.39, 0.29) is 6.04 Å². The van der Waals surface area contributed by atoms with Crippen LogP contribution in [-0.2, 0) is 0 Å². The molecular formula is C9H12BrNO. The first-order chi connectivity index (χ1) is 5.61. The minimum Gasteiger partial charge on any atom is -0.391 e. The maximum atomic E-state index is 9.22. The van der Waals surface area contributed by atoms with Gasteiger partial charge < -0.3 is 10.8 Å². The topological polar surface area (TPSA) is 46.2 Å². The fourth-order valence-corrected chi connectivity index (χ4v) is 1.41. The summed E-state index contributed by atoms with van der Waals surface area (Å²) in [6, 6.07) is 7.35. The van der Waals surface area contributed by atoms with Gasteiger partial charge >= 0.3 is 0 Å². The van der Waals surface area contributed by atoms with Crippen LogP contribution in [0.5, 0.6) is 0 Å². The van der Waals surface area contributed by atoms with Gasteiger partial charge in [0.25, 0.3) is 0 Å². The molecule has 0 bridgehead atoms. The van der Waals surface area contributed by atoms with E-state index < -0.39 is 6.10 Å². The molecule has 0 radical (unpaired) electrons. The first kappa shape index (κ1) is 9.71. The van der Waals surface area contributed by atoms with Gasteiger partial charge in [0.1, 0.15) is 0 Å². The number of aliphatic hydroxyl groups is 1. The molecule has 0 aliphatic carbocycles. The van der Waals surface area contributed by atoms with Gasteiger partial charge in [-0.3, -0.25) is 0 Å². The molecule has 1 aromatic carbocycles. The zero-order chi connectivity index (χ0) is 9.14. The van der Waals surface area contributed by atoms with Crippen LogP contribution in [0.15, 0.2) is 28.7 Å². The van der Waals surface area contributed by atoms with Crippen molar-refractivity contribution in [2.45, 2.75) is 19.1 Å². The Bertz CT molecular complexity index is 262. The average molecular weight is 230 g/mol. The van der Waals surface area contributed by atoms with E-state index in [9.17, 15) is 5.11 Å². The molecule has 0 aromatic heterocycles. The molecule has 0 aliphatic heterocycles. The van der Waals surface area contributed by atoms with Crippen molar-refractivity contribution in [2.75, 3.05) is 0 Å². The van der Waals surface area contributed by atoms with Crippen LogP contribution in [0.3, 0.4) is 0 Å². The Morgan fingerprint density at radius 2 is 2.17 bits per heavy atom. The molecule has 1 aromatic rings. The zero-order valence-corrected chi connectivity index (χ0v) is 8.45. The van der Waals surface area contributed by atoms with Crippen LogP contribution in [0.4, 0.5) is 0 Å². The van der Waals surface area contributed by atoms with Crippen molar-refractivity contribution < 1.29 is 5.11 Å². The molecule has 0 heterocycles. The largest absolute Gasteiger partial charge is 0.391 e. The van der Waals surface area contributed by atoms with Gasteiger partial charge in [-0.25, -0.2) is 0 Å². The second-order valence-electron chi connectivity index (χ2n) is 2.82. The van der Waals surface area contributed by atoms with Crippen molar-refractivity contribution in [2.24, 2.45) is 5.73 Å². The quantitative estimate of drug-likeness (QED) is 0.814. The minimum absolute atomic E-state index is 0.303. The van der Waals surface area contributed by atoms with Crippen LogP contribution in [0, 0.1) is 0 Å². The summed E-state index contributed by atoms with van der Waals surface area (Å²) < 4.78 is 0.983. The van der Waals surface area contributed by atoms with E-state index in [4.69, 9.17) is 5.73 Å². The number of halogens is 1. The highest BCUT2D eigenvalue weighted by molar-refractivity contribution is 9.10. The highest BCUT2D eigenvalue weighted by atomic mass is 79.9. The first-order valence-electron chi connectivity index (χ1n) is 3.80. The Morgan fingerprint density at radius 1 is 1.50 bits per heavy atom. The Hall–Kier alpha value is -0.380. The molecule has 2 nitrogen and oxygen atoms in total. The second-order valence-corrected chi connectivity index (χ2v) is 3.74. The Morgan fingerprint density at radius 3 is 2.67 bits per heavy atom. The fourth-order valence-electron chi connectivity index (χ4n) is 0.992. The lowest BCUT2D eigenvalue weighted by atomic mass is 10.0. The van der Waals surface area contributed by atoms with E-state index in [0.29, 0.717) is 0 Å². The first-order valence-corrected chi connectivity index (χ1v) is 4.59. The van der Waals surface area contributed by atoms with Gasteiger partial charge in [0.05, 0.1) is 12.1 Å². The number of nitrogens with two attached hydrogens (primary N) is 1. The minimum atomic E-state index is -0.515. The molecule has 0 amide bonds. The normalized spacial score (nSPS) is 15.7. The standard InChI is InChI=1S/C9H12BrNO/c1-6(12)9(11)7-3-2-4-8(10)5-7/h2-6,9,12H,11H2,1H3. The summed E-state index contributed by atoms with van der Waals surface area (Å²) in [5.74, 6) is 0. The summed E-state index contributed by atoms with van der Waals surface area (Å²) in [7, 11) is 0. The Balaban J connectivity index is 2.88. The SMILES string of the molecule is CC(O)C(N)c1cccc(Br)c1. The summed E-state index contributed by atoms with van der Waals surface area (Å²) in [6.45, 7) is 1.69. The van der Waals surface area contributed by atoms with Crippen LogP contribution in [0.2, 0.25) is 0 Å². The Kier molecular flexibility index (Phi) is 3.26. The van der Waals surface area contributed by atoms with Gasteiger partial charge in [0.2, 0.25) is 0 Å². The molecule has 0 fully saturated rings. The lowest BCUT2D eigenvalue weighted by Gasteiger charge is -2.14. The number of rotatable bonds is 2. The van der Waals surface area contributed by atoms with E-state index in [1.807, 2.05) is 24.3 Å². The third-order valence-electron chi connectivity index (χ3n) is 1.75. The fraction of sp³-hybridized carbons (Fsp3) is 0.333. The summed E-state index contributed by atoms with van der Waals surface area (Å²) in [6.07, 6.45) is -0.515. The number of hydrogen-bond acceptors (Lipinski definition) is 2. The summed E-state index contributed by atoms with van der Waals surface area (Å²) in [5, 5.41) is 9.22. The van der Waals surface area contributed by atoms with Crippen LogP contribution in [0.1, 0.15) is 18.5 Å². The number of aliphatic hydroxyl groups excluding tert-OH is 1. The van der Waals surface area contributed by atoms with Gasteiger partial charge in [-0.2, -0.15) is 0 Å². The van der Waals surface area contributed by atoms with Gasteiger partial charge in [-0.1, -0.05) is 28.1 Å². The molecule has 2 atom stereocenters. The lowest BCUT2D eigenvalue weighted by molar-refractivity contribution is 0.164. The number of benzene rings is 1. The van der Waals surface area contributed by atoms with E-state index in [1.165, 1.54) is 0 Å². The van der Waals surface area contributed by atoms with E-state index in [2.05, 4.69) is 15.9 Å². The molecule has 3 N–H and O–H groups in total. The Labute approximate surface area is 80.5 Å². The average Bonchev–Trinajstić information content (AvgIpc) is 2.03.